The first-order chi connectivity index (χ1) is 25.2. The molecule has 0 bridgehead atoms. The van der Waals surface area contributed by atoms with Crippen molar-refractivity contribution in [3.05, 3.63) is 84.4 Å². The molecule has 0 saturated carbocycles. The van der Waals surface area contributed by atoms with Crippen molar-refractivity contribution >= 4 is 46.8 Å². The number of nitrogens with one attached hydrogen (secondary N) is 3. The smallest absolute Gasteiger partial charge is 0.256 e. The molecule has 6 rings (SSSR count). The van der Waals surface area contributed by atoms with Gasteiger partial charge >= 0.3 is 0 Å². The highest BCUT2D eigenvalue weighted by Crippen LogP contribution is 2.27. The van der Waals surface area contributed by atoms with Gasteiger partial charge in [0.25, 0.3) is 11.8 Å². The van der Waals surface area contributed by atoms with E-state index in [9.17, 15) is 28.8 Å². The molecule has 3 saturated heterocycles. The van der Waals surface area contributed by atoms with Gasteiger partial charge in [-0.1, -0.05) is 6.07 Å². The van der Waals surface area contributed by atoms with E-state index in [0.717, 1.165) is 0 Å². The Hall–Kier alpha value is -6.10. The maximum absolute atomic E-state index is 13.8. The van der Waals surface area contributed by atoms with Crippen molar-refractivity contribution in [2.45, 2.75) is 69.1 Å². The van der Waals surface area contributed by atoms with Crippen LogP contribution in [0, 0.1) is 12.3 Å². The number of amides is 6. The SMILES string of the molecule is C#CC[C@H](NC(=O)c1cccc(NC(=O)[C@@H]2CCCN2C(=O)[C@@H]2CCCN2C(=O)c2cccnc2)c1)C(=O)N1CCC[C@H]1C(=O)Nc1cccnc1. The molecule has 4 atom stereocenters. The fourth-order valence-corrected chi connectivity index (χ4v) is 7.10. The van der Waals surface area contributed by atoms with Crippen LogP contribution in [0.15, 0.2) is 73.3 Å². The Kier molecular flexibility index (Phi) is 11.2. The molecule has 268 valence electrons. The second kappa shape index (κ2) is 16.3. The number of carbonyl (C=O) groups is 6. The Balaban J connectivity index is 1.08. The summed E-state index contributed by atoms with van der Waals surface area (Å²) in [6.45, 7) is 1.17. The van der Waals surface area contributed by atoms with Crippen LogP contribution in [-0.2, 0) is 19.2 Å². The van der Waals surface area contributed by atoms with E-state index >= 15 is 0 Å². The van der Waals surface area contributed by atoms with Crippen molar-refractivity contribution < 1.29 is 28.8 Å². The quantitative estimate of drug-likeness (QED) is 0.270. The van der Waals surface area contributed by atoms with Crippen LogP contribution >= 0.6 is 0 Å². The second-order valence-electron chi connectivity index (χ2n) is 13.0. The van der Waals surface area contributed by atoms with Gasteiger partial charge in [-0.05, 0) is 81.0 Å². The van der Waals surface area contributed by atoms with Crippen molar-refractivity contribution in [3.63, 3.8) is 0 Å². The highest BCUT2D eigenvalue weighted by Gasteiger charge is 2.42. The number of hydrogen-bond acceptors (Lipinski definition) is 8. The molecule has 3 fully saturated rings. The van der Waals surface area contributed by atoms with Gasteiger partial charge in [0.05, 0.1) is 17.4 Å². The van der Waals surface area contributed by atoms with Crippen LogP contribution in [-0.4, -0.2) is 104 Å². The Morgan fingerprint density at radius 2 is 1.33 bits per heavy atom. The normalized spacial score (nSPS) is 20.1. The largest absolute Gasteiger partial charge is 0.339 e. The minimum absolute atomic E-state index is 0.0910. The summed E-state index contributed by atoms with van der Waals surface area (Å²) in [6, 6.07) is 9.75. The molecule has 52 heavy (non-hydrogen) atoms. The Morgan fingerprint density at radius 3 is 2.00 bits per heavy atom. The van der Waals surface area contributed by atoms with Gasteiger partial charge in [-0.3, -0.25) is 38.7 Å². The number of terminal acetylenes is 1. The van der Waals surface area contributed by atoms with Crippen LogP contribution in [0.4, 0.5) is 11.4 Å². The summed E-state index contributed by atoms with van der Waals surface area (Å²) >= 11 is 0. The first-order valence-corrected chi connectivity index (χ1v) is 17.4. The summed E-state index contributed by atoms with van der Waals surface area (Å²) in [5.74, 6) is 0.108. The Morgan fingerprint density at radius 1 is 0.731 bits per heavy atom. The Bertz CT molecular complexity index is 1870. The molecule has 14 heteroatoms. The first kappa shape index (κ1) is 35.7. The lowest BCUT2D eigenvalue weighted by atomic mass is 10.1. The summed E-state index contributed by atoms with van der Waals surface area (Å²) in [7, 11) is 0. The molecule has 14 nitrogen and oxygen atoms in total. The molecule has 3 N–H and O–H groups in total. The van der Waals surface area contributed by atoms with E-state index in [1.54, 1.807) is 64.7 Å². The third-order valence-electron chi connectivity index (χ3n) is 9.63. The predicted octanol–water partition coefficient (Wildman–Crippen LogP) is 2.46. The van der Waals surface area contributed by atoms with E-state index in [1.165, 1.54) is 23.4 Å². The third kappa shape index (κ3) is 7.94. The molecule has 1 aromatic carbocycles. The van der Waals surface area contributed by atoms with Gasteiger partial charge in [0, 0.05) is 55.9 Å². The highest BCUT2D eigenvalue weighted by atomic mass is 16.2. The van der Waals surface area contributed by atoms with Gasteiger partial charge in [0.1, 0.15) is 24.2 Å². The maximum Gasteiger partial charge on any atom is 0.256 e. The van der Waals surface area contributed by atoms with E-state index < -0.39 is 41.9 Å². The molecule has 0 radical (unpaired) electrons. The second-order valence-corrected chi connectivity index (χ2v) is 13.0. The molecule has 5 heterocycles. The van der Waals surface area contributed by atoms with Crippen LogP contribution in [0.3, 0.4) is 0 Å². The third-order valence-corrected chi connectivity index (χ3v) is 9.63. The Labute approximate surface area is 301 Å². The molecule has 3 aliphatic heterocycles. The van der Waals surface area contributed by atoms with Crippen molar-refractivity contribution in [3.8, 4) is 12.3 Å². The number of hydrogen-bond donors (Lipinski definition) is 3. The molecular weight excluding hydrogens is 664 g/mol. The minimum atomic E-state index is -1.08. The fourth-order valence-electron chi connectivity index (χ4n) is 7.10. The molecule has 6 amide bonds. The molecule has 2 aromatic heterocycles. The summed E-state index contributed by atoms with van der Waals surface area (Å²) in [5.41, 5.74) is 1.42. The van der Waals surface area contributed by atoms with E-state index in [2.05, 4.69) is 31.8 Å². The molecular formula is C38H40N8O6. The zero-order valence-corrected chi connectivity index (χ0v) is 28.6. The maximum atomic E-state index is 13.8. The van der Waals surface area contributed by atoms with Crippen LogP contribution < -0.4 is 16.0 Å². The van der Waals surface area contributed by atoms with Crippen LogP contribution in [0.2, 0.25) is 0 Å². The van der Waals surface area contributed by atoms with Gasteiger partial charge < -0.3 is 30.7 Å². The fraction of sp³-hybridized carbons (Fsp3) is 0.368. The average molecular weight is 705 g/mol. The lowest BCUT2D eigenvalue weighted by Gasteiger charge is -2.31. The molecule has 0 aliphatic carbocycles. The zero-order chi connectivity index (χ0) is 36.6. The van der Waals surface area contributed by atoms with Crippen LogP contribution in [0.1, 0.15) is 65.7 Å². The molecule has 3 aromatic rings. The highest BCUT2D eigenvalue weighted by molar-refractivity contribution is 6.03. The van der Waals surface area contributed by atoms with E-state index in [-0.39, 0.29) is 29.7 Å². The number of rotatable bonds is 10. The van der Waals surface area contributed by atoms with Crippen molar-refractivity contribution in [2.24, 2.45) is 0 Å². The van der Waals surface area contributed by atoms with Crippen LogP contribution in [0.25, 0.3) is 0 Å². The number of aromatic nitrogens is 2. The lowest BCUT2D eigenvalue weighted by molar-refractivity contribution is -0.139. The summed E-state index contributed by atoms with van der Waals surface area (Å²) < 4.78 is 0. The topological polar surface area (TPSA) is 174 Å². The van der Waals surface area contributed by atoms with Gasteiger partial charge in [0.2, 0.25) is 23.6 Å². The number of likely N-dealkylation sites (tertiary alicyclic amines) is 3. The van der Waals surface area contributed by atoms with Gasteiger partial charge in [-0.25, -0.2) is 0 Å². The zero-order valence-electron chi connectivity index (χ0n) is 28.6. The summed E-state index contributed by atoms with van der Waals surface area (Å²) in [6.07, 6.45) is 15.0. The van der Waals surface area contributed by atoms with Gasteiger partial charge in [0.15, 0.2) is 0 Å². The predicted molar refractivity (Wildman–Crippen MR) is 190 cm³/mol. The van der Waals surface area contributed by atoms with E-state index in [0.29, 0.717) is 75.1 Å². The number of pyridine rings is 2. The summed E-state index contributed by atoms with van der Waals surface area (Å²) in [4.78, 5) is 93.2. The lowest BCUT2D eigenvalue weighted by Crippen LogP contribution is -2.52. The summed E-state index contributed by atoms with van der Waals surface area (Å²) in [5, 5.41) is 8.35. The number of nitrogens with zero attached hydrogens (tertiary/aromatic N) is 5. The molecule has 0 spiro atoms. The number of benzene rings is 1. The molecule has 0 unspecified atom stereocenters. The average Bonchev–Trinajstić information content (AvgIpc) is 3.96. The number of anilines is 2. The van der Waals surface area contributed by atoms with Crippen molar-refractivity contribution in [2.75, 3.05) is 30.3 Å². The first-order valence-electron chi connectivity index (χ1n) is 17.4. The minimum Gasteiger partial charge on any atom is -0.339 e. The van der Waals surface area contributed by atoms with Crippen LogP contribution in [0.5, 0.6) is 0 Å². The monoisotopic (exact) mass is 704 g/mol. The standard InChI is InChI=1S/C38H40N8O6/c1-2-9-29(37(51)44-19-6-14-30(44)35(49)42-28-13-5-18-40-24-28)43-33(47)25-10-3-12-27(22-25)41-34(48)31-15-7-20-45(31)38(52)32-16-8-21-46(32)36(50)26-11-4-17-39-23-26/h1,3-5,10-13,17-18,22-24,29-32H,6-9,14-16,19-21H2,(H,41,48)(H,42,49)(H,43,47)/t29-,30-,31-,32-/m0/s1. The van der Waals surface area contributed by atoms with Gasteiger partial charge in [-0.2, -0.15) is 0 Å². The number of carbonyl (C=O) groups excluding carboxylic acids is 6. The van der Waals surface area contributed by atoms with E-state index in [4.69, 9.17) is 6.42 Å². The van der Waals surface area contributed by atoms with Crippen molar-refractivity contribution in [1.29, 1.82) is 0 Å². The van der Waals surface area contributed by atoms with Gasteiger partial charge in [-0.15, -0.1) is 12.3 Å². The van der Waals surface area contributed by atoms with E-state index in [1.807, 2.05) is 0 Å². The molecule has 3 aliphatic rings. The van der Waals surface area contributed by atoms with Crippen molar-refractivity contribution in [1.82, 2.24) is 30.0 Å².